The maximum absolute atomic E-state index is 10.5. The van der Waals surface area contributed by atoms with E-state index in [1.807, 2.05) is 42.5 Å². The first-order chi connectivity index (χ1) is 13.5. The highest BCUT2D eigenvalue weighted by molar-refractivity contribution is 6.36. The predicted molar refractivity (Wildman–Crippen MR) is 113 cm³/mol. The van der Waals surface area contributed by atoms with E-state index in [1.54, 1.807) is 18.3 Å². The normalized spacial score (nSPS) is 10.6. The summed E-state index contributed by atoms with van der Waals surface area (Å²) < 4.78 is 0. The van der Waals surface area contributed by atoms with Gasteiger partial charge in [0, 0.05) is 28.8 Å². The molecular weight excluding hydrogens is 395 g/mol. The van der Waals surface area contributed by atoms with Crippen molar-refractivity contribution in [2.24, 2.45) is 0 Å². The molecule has 0 saturated carbocycles. The van der Waals surface area contributed by atoms with Crippen LogP contribution in [0, 0.1) is 11.8 Å². The number of aromatic nitrogens is 2. The minimum atomic E-state index is -0.839. The van der Waals surface area contributed by atoms with Gasteiger partial charge in [0.05, 0.1) is 17.1 Å². The monoisotopic (exact) mass is 410 g/mol. The summed E-state index contributed by atoms with van der Waals surface area (Å²) in [5.74, 6) is 5.68. The van der Waals surface area contributed by atoms with Crippen LogP contribution in [-0.4, -0.2) is 21.0 Å². The van der Waals surface area contributed by atoms with Gasteiger partial charge in [-0.1, -0.05) is 53.3 Å². The van der Waals surface area contributed by atoms with Crippen LogP contribution in [0.15, 0.2) is 48.7 Å². The Balaban J connectivity index is 1.66. The van der Waals surface area contributed by atoms with E-state index in [4.69, 9.17) is 28.3 Å². The third-order valence-electron chi connectivity index (χ3n) is 3.85. The van der Waals surface area contributed by atoms with Crippen LogP contribution in [0.25, 0.3) is 23.4 Å². The molecular formula is C22H16Cl2N2O2. The number of H-pyrrole nitrogens is 1. The molecule has 0 spiro atoms. The fourth-order valence-electron chi connectivity index (χ4n) is 2.44. The molecule has 1 aromatic heterocycles. The molecule has 3 rings (SSSR count). The van der Waals surface area contributed by atoms with Crippen LogP contribution < -0.4 is 0 Å². The van der Waals surface area contributed by atoms with E-state index in [1.165, 1.54) is 0 Å². The Hall–Kier alpha value is -3.00. The standard InChI is InChI=1S/C22H16Cl2N2O2/c23-17-10-11-18(19(24)13-17)20-14-25-21(26-20)12-9-16-7-5-15(6-8-16)3-1-2-4-22(27)28/h5-14H,2,4H2,(H,25,26)(H,27,28). The fraction of sp³-hybridized carbons (Fsp3) is 0.0909. The summed E-state index contributed by atoms with van der Waals surface area (Å²) >= 11 is 12.2. The van der Waals surface area contributed by atoms with Crippen molar-refractivity contribution >= 4 is 41.3 Å². The molecule has 0 fully saturated rings. The van der Waals surface area contributed by atoms with Crippen molar-refractivity contribution in [2.75, 3.05) is 0 Å². The third-order valence-corrected chi connectivity index (χ3v) is 4.39. The number of nitrogens with zero attached hydrogens (tertiary/aromatic N) is 1. The first-order valence-corrected chi connectivity index (χ1v) is 9.26. The van der Waals surface area contributed by atoms with Crippen LogP contribution in [0.3, 0.4) is 0 Å². The number of rotatable bonds is 5. The molecule has 0 amide bonds. The number of aromatic amines is 1. The van der Waals surface area contributed by atoms with Gasteiger partial charge in [-0.25, -0.2) is 4.98 Å². The van der Waals surface area contributed by atoms with Gasteiger partial charge in [-0.15, -0.1) is 0 Å². The van der Waals surface area contributed by atoms with E-state index in [9.17, 15) is 4.79 Å². The molecule has 2 aromatic carbocycles. The molecule has 0 aliphatic heterocycles. The summed E-state index contributed by atoms with van der Waals surface area (Å²) in [6.45, 7) is 0. The number of aliphatic carboxylic acids is 1. The molecule has 0 radical (unpaired) electrons. The quantitative estimate of drug-likeness (QED) is 0.524. The number of carboxylic acids is 1. The number of halogens is 2. The lowest BCUT2D eigenvalue weighted by Gasteiger charge is -2.00. The molecule has 4 nitrogen and oxygen atoms in total. The first kappa shape index (κ1) is 19.8. The summed E-state index contributed by atoms with van der Waals surface area (Å²) in [6.07, 6.45) is 6.01. The number of nitrogens with one attached hydrogen (secondary N) is 1. The largest absolute Gasteiger partial charge is 0.481 e. The zero-order chi connectivity index (χ0) is 19.9. The van der Waals surface area contributed by atoms with Crippen LogP contribution in [0.1, 0.15) is 29.8 Å². The van der Waals surface area contributed by atoms with E-state index >= 15 is 0 Å². The van der Waals surface area contributed by atoms with Gasteiger partial charge in [-0.3, -0.25) is 4.79 Å². The minimum Gasteiger partial charge on any atom is -0.481 e. The van der Waals surface area contributed by atoms with Crippen LogP contribution in [0.2, 0.25) is 10.0 Å². The fourth-order valence-corrected chi connectivity index (χ4v) is 2.95. The highest BCUT2D eigenvalue weighted by Gasteiger charge is 2.07. The first-order valence-electron chi connectivity index (χ1n) is 8.51. The number of hydrogen-bond donors (Lipinski definition) is 2. The molecule has 0 bridgehead atoms. The Morgan fingerprint density at radius 2 is 1.93 bits per heavy atom. The van der Waals surface area contributed by atoms with Crippen molar-refractivity contribution in [3.63, 3.8) is 0 Å². The van der Waals surface area contributed by atoms with Crippen LogP contribution in [-0.2, 0) is 4.79 Å². The molecule has 0 unspecified atom stereocenters. The second-order valence-electron chi connectivity index (χ2n) is 5.95. The molecule has 0 aliphatic rings. The Morgan fingerprint density at radius 1 is 1.14 bits per heavy atom. The Bertz CT molecular complexity index is 1070. The minimum absolute atomic E-state index is 0.0557. The van der Waals surface area contributed by atoms with Crippen LogP contribution in [0.5, 0.6) is 0 Å². The Kier molecular flexibility index (Phi) is 6.54. The molecule has 3 aromatic rings. The highest BCUT2D eigenvalue weighted by atomic mass is 35.5. The van der Waals surface area contributed by atoms with Gasteiger partial charge in [0.25, 0.3) is 0 Å². The Labute approximate surface area is 172 Å². The van der Waals surface area contributed by atoms with Gasteiger partial charge >= 0.3 is 5.97 Å². The summed E-state index contributed by atoms with van der Waals surface area (Å²) in [5.41, 5.74) is 3.40. The van der Waals surface area contributed by atoms with E-state index in [-0.39, 0.29) is 6.42 Å². The lowest BCUT2D eigenvalue weighted by molar-refractivity contribution is -0.136. The summed E-state index contributed by atoms with van der Waals surface area (Å²) in [6, 6.07) is 13.0. The topological polar surface area (TPSA) is 66.0 Å². The van der Waals surface area contributed by atoms with Crippen LogP contribution >= 0.6 is 23.2 Å². The second kappa shape index (κ2) is 9.27. The zero-order valence-corrected chi connectivity index (χ0v) is 16.3. The molecule has 140 valence electrons. The van der Waals surface area contributed by atoms with Crippen molar-refractivity contribution in [1.29, 1.82) is 0 Å². The van der Waals surface area contributed by atoms with Gasteiger partial charge in [0.2, 0.25) is 0 Å². The summed E-state index contributed by atoms with van der Waals surface area (Å²) in [7, 11) is 0. The summed E-state index contributed by atoms with van der Waals surface area (Å²) in [4.78, 5) is 18.1. The number of benzene rings is 2. The molecule has 0 atom stereocenters. The highest BCUT2D eigenvalue weighted by Crippen LogP contribution is 2.29. The van der Waals surface area contributed by atoms with Crippen molar-refractivity contribution in [1.82, 2.24) is 9.97 Å². The van der Waals surface area contributed by atoms with E-state index in [0.717, 1.165) is 22.4 Å². The van der Waals surface area contributed by atoms with Gasteiger partial charge < -0.3 is 10.1 Å². The van der Waals surface area contributed by atoms with Crippen LogP contribution in [0.4, 0.5) is 0 Å². The van der Waals surface area contributed by atoms with Gasteiger partial charge in [0.15, 0.2) is 0 Å². The SMILES string of the molecule is O=C(O)CCC#Cc1ccc(C=Cc2nc(-c3ccc(Cl)cc3Cl)c[nH]2)cc1. The van der Waals surface area contributed by atoms with E-state index < -0.39 is 5.97 Å². The van der Waals surface area contributed by atoms with Gasteiger partial charge in [-0.2, -0.15) is 0 Å². The number of carboxylic acid groups (broad SMARTS) is 1. The average molecular weight is 411 g/mol. The van der Waals surface area contributed by atoms with E-state index in [2.05, 4.69) is 21.8 Å². The average Bonchev–Trinajstić information content (AvgIpc) is 3.13. The predicted octanol–water partition coefficient (Wildman–Crippen LogP) is 5.77. The molecule has 1 heterocycles. The molecule has 28 heavy (non-hydrogen) atoms. The molecule has 2 N–H and O–H groups in total. The second-order valence-corrected chi connectivity index (χ2v) is 6.79. The van der Waals surface area contributed by atoms with E-state index in [0.29, 0.717) is 22.3 Å². The molecule has 6 heteroatoms. The lowest BCUT2D eigenvalue weighted by Crippen LogP contribution is -1.91. The molecule has 0 saturated heterocycles. The third kappa shape index (κ3) is 5.50. The van der Waals surface area contributed by atoms with Gasteiger partial charge in [-0.05, 0) is 42.0 Å². The number of hydrogen-bond acceptors (Lipinski definition) is 2. The van der Waals surface area contributed by atoms with Crippen molar-refractivity contribution in [2.45, 2.75) is 12.8 Å². The Morgan fingerprint density at radius 3 is 2.64 bits per heavy atom. The smallest absolute Gasteiger partial charge is 0.304 e. The molecule has 0 aliphatic carbocycles. The maximum Gasteiger partial charge on any atom is 0.304 e. The zero-order valence-electron chi connectivity index (χ0n) is 14.7. The van der Waals surface area contributed by atoms with Gasteiger partial charge in [0.1, 0.15) is 5.82 Å². The maximum atomic E-state index is 10.5. The number of carbonyl (C=O) groups is 1. The van der Waals surface area contributed by atoms with Crippen molar-refractivity contribution < 1.29 is 9.90 Å². The van der Waals surface area contributed by atoms with Crippen molar-refractivity contribution in [3.8, 4) is 23.1 Å². The lowest BCUT2D eigenvalue weighted by atomic mass is 10.1. The van der Waals surface area contributed by atoms with Crippen molar-refractivity contribution in [3.05, 3.63) is 75.7 Å². The summed E-state index contributed by atoms with van der Waals surface area (Å²) in [5, 5.41) is 9.73. The number of imidazole rings is 1.